The van der Waals surface area contributed by atoms with Gasteiger partial charge >= 0.3 is 5.97 Å². The number of nitrogens with zero attached hydrogens (tertiary/aromatic N) is 2. The third-order valence-corrected chi connectivity index (χ3v) is 13.8. The predicted molar refractivity (Wildman–Crippen MR) is 287 cm³/mol. The van der Waals surface area contributed by atoms with Crippen LogP contribution in [-0.2, 0) is 56.2 Å². The number of amides is 6. The number of rotatable bonds is 24. The Morgan fingerprint density at radius 2 is 1.50 bits per heavy atom. The Kier molecular flexibility index (Phi) is 20.9. The van der Waals surface area contributed by atoms with Crippen LogP contribution in [0.2, 0.25) is 0 Å². The van der Waals surface area contributed by atoms with Crippen LogP contribution in [0.25, 0.3) is 11.3 Å². The second-order valence-corrected chi connectivity index (χ2v) is 21.5. The fourth-order valence-electron chi connectivity index (χ4n) is 9.12. The van der Waals surface area contributed by atoms with Gasteiger partial charge in [0.1, 0.15) is 12.6 Å². The van der Waals surface area contributed by atoms with E-state index >= 15 is 0 Å². The number of nitrogens with one attached hydrogen (secondary N) is 6. The Balaban J connectivity index is 1.01. The molecule has 17 nitrogen and oxygen atoms in total. The minimum Gasteiger partial charge on any atom is -0.461 e. The van der Waals surface area contributed by atoms with Gasteiger partial charge in [-0.25, -0.2) is 5.43 Å². The summed E-state index contributed by atoms with van der Waals surface area (Å²) in [5.74, 6) is -1.78. The van der Waals surface area contributed by atoms with Crippen LogP contribution < -0.4 is 37.0 Å². The molecule has 0 radical (unpaired) electrons. The summed E-state index contributed by atoms with van der Waals surface area (Å²) >= 11 is 0. The zero-order valence-corrected chi connectivity index (χ0v) is 45.4. The van der Waals surface area contributed by atoms with Crippen LogP contribution in [0.3, 0.4) is 0 Å². The maximum Gasteiger partial charge on any atom is 0.302 e. The van der Waals surface area contributed by atoms with E-state index in [0.29, 0.717) is 44.1 Å². The first-order valence-electron chi connectivity index (χ1n) is 26.0. The number of fused-ring (bicyclic) bond motifs is 4. The van der Waals surface area contributed by atoms with Crippen LogP contribution in [0.15, 0.2) is 72.8 Å². The molecule has 0 saturated carbocycles. The quantitative estimate of drug-likeness (QED) is 0.0510. The van der Waals surface area contributed by atoms with Gasteiger partial charge in [0.05, 0.1) is 30.1 Å². The number of hydrogen-bond acceptors (Lipinski definition) is 11. The number of carbonyl (C=O) groups excluding carboxylic acids is 7. The van der Waals surface area contributed by atoms with Crippen molar-refractivity contribution in [1.82, 2.24) is 31.7 Å². The number of ether oxygens (including phenoxy) is 2. The topological polar surface area (TPSA) is 217 Å². The first-order valence-corrected chi connectivity index (χ1v) is 26.0. The SMILES string of the molecule is CC(=O)OCc1ccc(NC(=O)CNC(=O)C(NC(=O)CCCC(=O)N(C)CCC(C)(C)OCCC(C)(C)C(=O)NCCC(=O)N2Cc3ccccc3C3=C(NNC(C(C)C)C3C)c3ccccc32)C(C)C)cc1. The fourth-order valence-corrected chi connectivity index (χ4v) is 9.12. The summed E-state index contributed by atoms with van der Waals surface area (Å²) in [6.45, 7) is 20.3. The Morgan fingerprint density at radius 3 is 2.18 bits per heavy atom. The van der Waals surface area contributed by atoms with Gasteiger partial charge in [-0.05, 0) is 85.4 Å². The molecule has 3 aromatic rings. The number of anilines is 2. The number of esters is 1. The highest BCUT2D eigenvalue weighted by Gasteiger charge is 2.36. The summed E-state index contributed by atoms with van der Waals surface area (Å²) in [6, 6.07) is 22.4. The molecule has 402 valence electrons. The maximum atomic E-state index is 14.2. The van der Waals surface area contributed by atoms with E-state index in [1.165, 1.54) is 12.5 Å². The second-order valence-electron chi connectivity index (χ2n) is 21.5. The highest BCUT2D eigenvalue weighted by Crippen LogP contribution is 2.43. The molecule has 3 aromatic carbocycles. The predicted octanol–water partition coefficient (Wildman–Crippen LogP) is 6.87. The molecule has 6 amide bonds. The molecule has 0 saturated heterocycles. The number of carbonyl (C=O) groups is 7. The molecule has 0 spiro atoms. The van der Waals surface area contributed by atoms with Gasteiger partial charge in [0.2, 0.25) is 35.4 Å². The standard InChI is InChI=1S/C57H80N8O9/c1-36(2)51-38(5)50-43-18-13-12-17-41(43)34-65(45-20-15-14-19-44(45)53(50)63-62-51)49(70)27-30-58-55(72)56(7,8)29-32-74-57(9,10)28-31-64(11)48(69)22-16-21-46(67)61-52(37(3)4)54(71)59-33-47(68)60-42-25-23-40(24-26-42)35-73-39(6)66/h12-15,17-20,23-26,36-38,51-52,62-63H,16,21-22,27-35H2,1-11H3,(H,58,72)(H,59,71)(H,60,68)(H,61,67). The third kappa shape index (κ3) is 16.5. The lowest BCUT2D eigenvalue weighted by Gasteiger charge is -2.41. The van der Waals surface area contributed by atoms with Gasteiger partial charge < -0.3 is 46.0 Å². The molecule has 6 N–H and O–H groups in total. The third-order valence-electron chi connectivity index (χ3n) is 13.8. The number of benzene rings is 3. The van der Waals surface area contributed by atoms with E-state index in [-0.39, 0.29) is 86.9 Å². The molecule has 0 fully saturated rings. The normalized spacial score (nSPS) is 15.8. The summed E-state index contributed by atoms with van der Waals surface area (Å²) in [4.78, 5) is 93.6. The van der Waals surface area contributed by atoms with Crippen molar-refractivity contribution in [2.24, 2.45) is 23.2 Å². The van der Waals surface area contributed by atoms with E-state index in [1.807, 2.05) is 56.9 Å². The number of hydrazine groups is 1. The van der Waals surface area contributed by atoms with E-state index in [4.69, 9.17) is 9.47 Å². The van der Waals surface area contributed by atoms with Crippen molar-refractivity contribution in [1.29, 1.82) is 0 Å². The largest absolute Gasteiger partial charge is 0.461 e. The minimum absolute atomic E-state index is 0.0358. The van der Waals surface area contributed by atoms with E-state index in [9.17, 15) is 33.6 Å². The lowest BCUT2D eigenvalue weighted by molar-refractivity contribution is -0.142. The minimum atomic E-state index is -0.882. The molecule has 2 heterocycles. The van der Waals surface area contributed by atoms with E-state index in [0.717, 1.165) is 33.6 Å². The molecular formula is C57H80N8O9. The maximum absolute atomic E-state index is 14.2. The van der Waals surface area contributed by atoms with Crippen LogP contribution >= 0.6 is 0 Å². The molecule has 17 heteroatoms. The molecule has 0 bridgehead atoms. The summed E-state index contributed by atoms with van der Waals surface area (Å²) in [7, 11) is 1.71. The molecule has 2 aliphatic rings. The summed E-state index contributed by atoms with van der Waals surface area (Å²) in [5.41, 5.74) is 13.1. The zero-order chi connectivity index (χ0) is 54.3. The van der Waals surface area contributed by atoms with Crippen molar-refractivity contribution < 1.29 is 43.0 Å². The van der Waals surface area contributed by atoms with Crippen molar-refractivity contribution in [3.05, 3.63) is 95.1 Å². The lowest BCUT2D eigenvalue weighted by Crippen LogP contribution is -2.51. The van der Waals surface area contributed by atoms with E-state index in [1.54, 1.807) is 50.1 Å². The monoisotopic (exact) mass is 1020 g/mol. The van der Waals surface area contributed by atoms with Crippen molar-refractivity contribution in [2.75, 3.05) is 43.5 Å². The van der Waals surface area contributed by atoms with Crippen molar-refractivity contribution in [3.63, 3.8) is 0 Å². The molecule has 0 aromatic heterocycles. The van der Waals surface area contributed by atoms with Gasteiger partial charge in [-0.3, -0.25) is 33.6 Å². The first-order chi connectivity index (χ1) is 35.0. The van der Waals surface area contributed by atoms with Gasteiger partial charge in [0.25, 0.3) is 0 Å². The van der Waals surface area contributed by atoms with Crippen LogP contribution in [-0.4, -0.2) is 97.3 Å². The van der Waals surface area contributed by atoms with Gasteiger partial charge in [-0.2, -0.15) is 0 Å². The highest BCUT2D eigenvalue weighted by atomic mass is 16.5. The second kappa shape index (κ2) is 26.6. The Labute approximate surface area is 437 Å². The molecule has 5 rings (SSSR count). The van der Waals surface area contributed by atoms with Crippen molar-refractivity contribution >= 4 is 64.1 Å². The van der Waals surface area contributed by atoms with Crippen molar-refractivity contribution in [2.45, 2.75) is 139 Å². The van der Waals surface area contributed by atoms with Crippen LogP contribution in [0.1, 0.15) is 130 Å². The zero-order valence-electron chi connectivity index (χ0n) is 45.4. The summed E-state index contributed by atoms with van der Waals surface area (Å²) < 4.78 is 11.2. The average molecular weight is 1020 g/mol. The van der Waals surface area contributed by atoms with E-state index in [2.05, 4.69) is 77.2 Å². The number of para-hydroxylation sites is 1. The Hall–Kier alpha value is -6.59. The molecule has 3 unspecified atom stereocenters. The van der Waals surface area contributed by atoms with Gasteiger partial charge in [0.15, 0.2) is 0 Å². The summed E-state index contributed by atoms with van der Waals surface area (Å²) in [6.07, 6.45) is 1.53. The average Bonchev–Trinajstić information content (AvgIpc) is 3.34. The smallest absolute Gasteiger partial charge is 0.302 e. The molecular weight excluding hydrogens is 941 g/mol. The summed E-state index contributed by atoms with van der Waals surface area (Å²) in [5, 5.41) is 11.0. The van der Waals surface area contributed by atoms with Gasteiger partial charge in [0, 0.05) is 81.6 Å². The molecule has 2 aliphatic heterocycles. The van der Waals surface area contributed by atoms with Gasteiger partial charge in [-0.15, -0.1) is 0 Å². The molecule has 74 heavy (non-hydrogen) atoms. The highest BCUT2D eigenvalue weighted by molar-refractivity contribution is 6.02. The molecule has 0 aliphatic carbocycles. The van der Waals surface area contributed by atoms with Crippen LogP contribution in [0, 0.1) is 23.2 Å². The van der Waals surface area contributed by atoms with E-state index < -0.39 is 34.8 Å². The first kappa shape index (κ1) is 58.3. The van der Waals surface area contributed by atoms with Gasteiger partial charge in [-0.1, -0.05) is 103 Å². The van der Waals surface area contributed by atoms with Crippen LogP contribution in [0.4, 0.5) is 11.4 Å². The Morgan fingerprint density at radius 1 is 0.824 bits per heavy atom. The van der Waals surface area contributed by atoms with Crippen molar-refractivity contribution in [3.8, 4) is 0 Å². The number of hydrogen-bond donors (Lipinski definition) is 6. The Bertz CT molecular complexity index is 2500. The molecule has 3 atom stereocenters. The lowest BCUT2D eigenvalue weighted by atomic mass is 9.78. The van der Waals surface area contributed by atoms with Crippen LogP contribution in [0.5, 0.6) is 0 Å². The fraction of sp³-hybridized carbons (Fsp3) is 0.526.